The molecule has 1 aromatic carbocycles. The molecule has 1 saturated heterocycles. The summed E-state index contributed by atoms with van der Waals surface area (Å²) in [6, 6.07) is 9.57. The van der Waals surface area contributed by atoms with E-state index >= 15 is 0 Å². The van der Waals surface area contributed by atoms with Crippen LogP contribution in [0, 0.1) is 0 Å². The van der Waals surface area contributed by atoms with Gasteiger partial charge in [-0.15, -0.1) is 0 Å². The number of ether oxygens (including phenoxy) is 1. The minimum absolute atomic E-state index is 0.203. The summed E-state index contributed by atoms with van der Waals surface area (Å²) < 4.78 is 4.82. The maximum atomic E-state index is 11.6. The van der Waals surface area contributed by atoms with Crippen molar-refractivity contribution in [3.8, 4) is 0 Å². The van der Waals surface area contributed by atoms with Crippen LogP contribution in [0.5, 0.6) is 0 Å². The Labute approximate surface area is 120 Å². The fourth-order valence-corrected chi connectivity index (χ4v) is 3.42. The summed E-state index contributed by atoms with van der Waals surface area (Å²) >= 11 is 0. The number of amides is 1. The van der Waals surface area contributed by atoms with E-state index in [1.165, 1.54) is 18.2 Å². The van der Waals surface area contributed by atoms with Gasteiger partial charge in [-0.25, -0.2) is 4.79 Å². The quantitative estimate of drug-likeness (QED) is 0.896. The summed E-state index contributed by atoms with van der Waals surface area (Å²) in [5.74, 6) is 0. The molecule has 0 saturated carbocycles. The number of carbonyl (C=O) groups excluding carboxylic acids is 1. The first-order valence-corrected chi connectivity index (χ1v) is 7.42. The van der Waals surface area contributed by atoms with Gasteiger partial charge in [0.25, 0.3) is 0 Å². The Hall–Kier alpha value is -1.55. The van der Waals surface area contributed by atoms with Gasteiger partial charge < -0.3 is 15.0 Å². The highest BCUT2D eigenvalue weighted by molar-refractivity contribution is 5.67. The van der Waals surface area contributed by atoms with Crippen LogP contribution in [-0.2, 0) is 17.6 Å². The van der Waals surface area contributed by atoms with Gasteiger partial charge in [-0.2, -0.15) is 0 Å². The van der Waals surface area contributed by atoms with E-state index in [1.54, 1.807) is 0 Å². The van der Waals surface area contributed by atoms with Crippen molar-refractivity contribution >= 4 is 6.09 Å². The number of benzene rings is 1. The molecule has 1 fully saturated rings. The third-order valence-electron chi connectivity index (χ3n) is 4.38. The molecule has 108 valence electrons. The second-order valence-corrected chi connectivity index (χ2v) is 5.80. The highest BCUT2D eigenvalue weighted by Gasteiger charge is 2.28. The molecule has 1 aromatic rings. The van der Waals surface area contributed by atoms with Crippen LogP contribution in [0.3, 0.4) is 0 Å². The normalized spacial score (nSPS) is 22.6. The summed E-state index contributed by atoms with van der Waals surface area (Å²) in [4.78, 5) is 13.4. The number of methoxy groups -OCH3 is 1. The third-order valence-corrected chi connectivity index (χ3v) is 4.38. The van der Waals surface area contributed by atoms with Gasteiger partial charge in [0.1, 0.15) is 0 Å². The molecule has 3 rings (SSSR count). The molecular formula is C16H22N2O2. The lowest BCUT2D eigenvalue weighted by molar-refractivity contribution is 0.106. The summed E-state index contributed by atoms with van der Waals surface area (Å²) in [5, 5.41) is 3.72. The smallest absolute Gasteiger partial charge is 0.409 e. The predicted octanol–water partition coefficient (Wildman–Crippen LogP) is 1.97. The van der Waals surface area contributed by atoms with Gasteiger partial charge in [-0.05, 0) is 36.8 Å². The zero-order chi connectivity index (χ0) is 13.9. The fraction of sp³-hybridized carbons (Fsp3) is 0.562. The average Bonchev–Trinajstić information content (AvgIpc) is 2.88. The number of rotatable bonds is 2. The lowest BCUT2D eigenvalue weighted by atomic mass is 10.0. The van der Waals surface area contributed by atoms with Crippen molar-refractivity contribution in [1.82, 2.24) is 10.2 Å². The predicted molar refractivity (Wildman–Crippen MR) is 77.8 cm³/mol. The molecule has 4 heteroatoms. The molecule has 0 spiro atoms. The van der Waals surface area contributed by atoms with Crippen LogP contribution in [0.4, 0.5) is 4.79 Å². The van der Waals surface area contributed by atoms with E-state index < -0.39 is 0 Å². The minimum Gasteiger partial charge on any atom is -0.453 e. The average molecular weight is 274 g/mol. The number of hydrogen-bond donors (Lipinski definition) is 1. The van der Waals surface area contributed by atoms with E-state index in [-0.39, 0.29) is 6.09 Å². The Kier molecular flexibility index (Phi) is 3.92. The number of fused-ring (bicyclic) bond motifs is 1. The van der Waals surface area contributed by atoms with Gasteiger partial charge in [-0.1, -0.05) is 24.3 Å². The first kappa shape index (κ1) is 13.4. The van der Waals surface area contributed by atoms with Crippen LogP contribution < -0.4 is 5.32 Å². The Morgan fingerprint density at radius 3 is 2.60 bits per heavy atom. The van der Waals surface area contributed by atoms with Gasteiger partial charge in [0, 0.05) is 25.2 Å². The SMILES string of the molecule is COC(=O)N1CCCC(NC2Cc3ccccc3C2)C1. The highest BCUT2D eigenvalue weighted by atomic mass is 16.5. The second kappa shape index (κ2) is 5.83. The maximum Gasteiger partial charge on any atom is 0.409 e. The lowest BCUT2D eigenvalue weighted by Crippen LogP contribution is -2.51. The van der Waals surface area contributed by atoms with Crippen LogP contribution in [0.25, 0.3) is 0 Å². The molecule has 1 N–H and O–H groups in total. The molecule has 0 bridgehead atoms. The molecule has 4 nitrogen and oxygen atoms in total. The molecular weight excluding hydrogens is 252 g/mol. The first-order chi connectivity index (χ1) is 9.76. The standard InChI is InChI=1S/C16H22N2O2/c1-20-16(19)18-8-4-7-14(11-18)17-15-9-12-5-2-3-6-13(12)10-15/h2-3,5-6,14-15,17H,4,7-11H2,1H3. The molecule has 1 heterocycles. The van der Waals surface area contributed by atoms with Gasteiger partial charge >= 0.3 is 6.09 Å². The molecule has 2 aliphatic rings. The van der Waals surface area contributed by atoms with Gasteiger partial charge in [0.15, 0.2) is 0 Å². The van der Waals surface area contributed by atoms with Crippen molar-refractivity contribution in [3.05, 3.63) is 35.4 Å². The molecule has 1 amide bonds. The van der Waals surface area contributed by atoms with Gasteiger partial charge in [-0.3, -0.25) is 0 Å². The van der Waals surface area contributed by atoms with E-state index in [9.17, 15) is 4.79 Å². The fourth-order valence-electron chi connectivity index (χ4n) is 3.42. The van der Waals surface area contributed by atoms with E-state index in [2.05, 4.69) is 29.6 Å². The molecule has 20 heavy (non-hydrogen) atoms. The van der Waals surface area contributed by atoms with Crippen molar-refractivity contribution in [2.24, 2.45) is 0 Å². The Bertz CT molecular complexity index is 464. The molecule has 0 radical (unpaired) electrons. The first-order valence-electron chi connectivity index (χ1n) is 7.42. The molecule has 1 aliphatic carbocycles. The van der Waals surface area contributed by atoms with Gasteiger partial charge in [0.2, 0.25) is 0 Å². The Morgan fingerprint density at radius 1 is 1.25 bits per heavy atom. The van der Waals surface area contributed by atoms with Crippen molar-refractivity contribution in [2.45, 2.75) is 37.8 Å². The van der Waals surface area contributed by atoms with Crippen molar-refractivity contribution in [3.63, 3.8) is 0 Å². The van der Waals surface area contributed by atoms with E-state index in [4.69, 9.17) is 4.74 Å². The van der Waals surface area contributed by atoms with E-state index in [0.717, 1.165) is 38.8 Å². The molecule has 1 unspecified atom stereocenters. The van der Waals surface area contributed by atoms with E-state index in [1.807, 2.05) is 4.90 Å². The summed E-state index contributed by atoms with van der Waals surface area (Å²) in [5.41, 5.74) is 2.93. The number of carbonyl (C=O) groups is 1. The van der Waals surface area contributed by atoms with Crippen LogP contribution in [0.15, 0.2) is 24.3 Å². The number of piperidine rings is 1. The number of nitrogens with zero attached hydrogens (tertiary/aromatic N) is 1. The van der Waals surface area contributed by atoms with Crippen LogP contribution in [-0.4, -0.2) is 43.3 Å². The molecule has 1 atom stereocenters. The molecule has 0 aromatic heterocycles. The summed E-state index contributed by atoms with van der Waals surface area (Å²) in [7, 11) is 1.45. The second-order valence-electron chi connectivity index (χ2n) is 5.80. The van der Waals surface area contributed by atoms with Gasteiger partial charge in [0.05, 0.1) is 7.11 Å². The maximum absolute atomic E-state index is 11.6. The third kappa shape index (κ3) is 2.80. The number of likely N-dealkylation sites (tertiary alicyclic amines) is 1. The van der Waals surface area contributed by atoms with Crippen LogP contribution >= 0.6 is 0 Å². The van der Waals surface area contributed by atoms with Crippen molar-refractivity contribution < 1.29 is 9.53 Å². The number of hydrogen-bond acceptors (Lipinski definition) is 3. The zero-order valence-corrected chi connectivity index (χ0v) is 12.0. The monoisotopic (exact) mass is 274 g/mol. The lowest BCUT2D eigenvalue weighted by Gasteiger charge is -2.33. The zero-order valence-electron chi connectivity index (χ0n) is 12.0. The Morgan fingerprint density at radius 2 is 1.95 bits per heavy atom. The highest BCUT2D eigenvalue weighted by Crippen LogP contribution is 2.23. The van der Waals surface area contributed by atoms with E-state index in [0.29, 0.717) is 12.1 Å². The summed E-state index contributed by atoms with van der Waals surface area (Å²) in [6.07, 6.45) is 4.19. The van der Waals surface area contributed by atoms with Crippen molar-refractivity contribution in [2.75, 3.05) is 20.2 Å². The minimum atomic E-state index is -0.203. The largest absolute Gasteiger partial charge is 0.453 e. The van der Waals surface area contributed by atoms with Crippen molar-refractivity contribution in [1.29, 1.82) is 0 Å². The van der Waals surface area contributed by atoms with Crippen LogP contribution in [0.2, 0.25) is 0 Å². The number of nitrogens with one attached hydrogen (secondary N) is 1. The molecule has 1 aliphatic heterocycles. The van der Waals surface area contributed by atoms with Crippen LogP contribution in [0.1, 0.15) is 24.0 Å². The Balaban J connectivity index is 1.56. The summed E-state index contributed by atoms with van der Waals surface area (Å²) in [6.45, 7) is 1.58. The topological polar surface area (TPSA) is 41.6 Å².